The second-order valence-corrected chi connectivity index (χ2v) is 4.82. The smallest absolute Gasteiger partial charge is 0.135 e. The highest BCUT2D eigenvalue weighted by Gasteiger charge is 2.08. The summed E-state index contributed by atoms with van der Waals surface area (Å²) in [7, 11) is 1.86. The monoisotopic (exact) mass is 285 g/mol. The zero-order chi connectivity index (χ0) is 13.9. The Balaban J connectivity index is 1.95. The fraction of sp³-hybridized carbons (Fsp3) is 0.143. The predicted octanol–water partition coefficient (Wildman–Crippen LogP) is 2.52. The van der Waals surface area contributed by atoms with Crippen LogP contribution in [0.4, 0.5) is 0 Å². The van der Waals surface area contributed by atoms with Gasteiger partial charge in [0, 0.05) is 43.7 Å². The van der Waals surface area contributed by atoms with Gasteiger partial charge in [0.2, 0.25) is 0 Å². The van der Waals surface area contributed by atoms with E-state index in [0.717, 1.165) is 16.8 Å². The third-order valence-electron chi connectivity index (χ3n) is 2.83. The molecule has 6 heteroatoms. The predicted molar refractivity (Wildman–Crippen MR) is 76.3 cm³/mol. The van der Waals surface area contributed by atoms with Crippen LogP contribution in [-0.2, 0) is 13.5 Å². The van der Waals surface area contributed by atoms with Crippen molar-refractivity contribution in [1.82, 2.24) is 24.7 Å². The Bertz CT molecular complexity index is 723. The molecule has 3 rings (SSSR count). The van der Waals surface area contributed by atoms with Gasteiger partial charge in [-0.1, -0.05) is 17.7 Å². The molecular formula is C14H12ClN5. The lowest BCUT2D eigenvalue weighted by molar-refractivity contribution is 0.768. The molecule has 0 unspecified atom stereocenters. The summed E-state index contributed by atoms with van der Waals surface area (Å²) in [5.41, 5.74) is 2.74. The molecule has 0 amide bonds. The van der Waals surface area contributed by atoms with Crippen molar-refractivity contribution in [3.63, 3.8) is 0 Å². The largest absolute Gasteiger partial charge is 0.275 e. The zero-order valence-corrected chi connectivity index (χ0v) is 11.6. The minimum Gasteiger partial charge on any atom is -0.275 e. The summed E-state index contributed by atoms with van der Waals surface area (Å²) in [5.74, 6) is 0.671. The fourth-order valence-electron chi connectivity index (χ4n) is 1.93. The Morgan fingerprint density at radius 2 is 2.15 bits per heavy atom. The van der Waals surface area contributed by atoms with Crippen molar-refractivity contribution in [1.29, 1.82) is 0 Å². The third kappa shape index (κ3) is 2.83. The molecule has 0 atom stereocenters. The minimum absolute atomic E-state index is 0.428. The summed E-state index contributed by atoms with van der Waals surface area (Å²) in [6, 6.07) is 5.62. The van der Waals surface area contributed by atoms with Gasteiger partial charge >= 0.3 is 0 Å². The Kier molecular flexibility index (Phi) is 3.43. The van der Waals surface area contributed by atoms with E-state index in [2.05, 4.69) is 20.1 Å². The standard InChI is InChI=1S/C14H12ClN5/c1-20-9-11(8-17-20)12-6-13(15)19-14(18-12)5-10-3-2-4-16-7-10/h2-4,6-9H,5H2,1H3. The van der Waals surface area contributed by atoms with Gasteiger partial charge in [0.15, 0.2) is 0 Å². The van der Waals surface area contributed by atoms with Crippen molar-refractivity contribution in [2.75, 3.05) is 0 Å². The van der Waals surface area contributed by atoms with Crippen molar-refractivity contribution < 1.29 is 0 Å². The van der Waals surface area contributed by atoms with Crippen LogP contribution in [0.15, 0.2) is 43.0 Å². The van der Waals surface area contributed by atoms with Crippen LogP contribution in [0.5, 0.6) is 0 Å². The lowest BCUT2D eigenvalue weighted by Gasteiger charge is -2.03. The topological polar surface area (TPSA) is 56.5 Å². The number of hydrogen-bond donors (Lipinski definition) is 0. The van der Waals surface area contributed by atoms with Crippen LogP contribution < -0.4 is 0 Å². The van der Waals surface area contributed by atoms with E-state index in [4.69, 9.17) is 11.6 Å². The molecule has 100 valence electrons. The molecule has 5 nitrogen and oxygen atoms in total. The first-order chi connectivity index (χ1) is 9.70. The van der Waals surface area contributed by atoms with Crippen molar-refractivity contribution in [3.05, 3.63) is 59.5 Å². The van der Waals surface area contributed by atoms with Gasteiger partial charge in [-0.3, -0.25) is 9.67 Å². The quantitative estimate of drug-likeness (QED) is 0.694. The lowest BCUT2D eigenvalue weighted by Crippen LogP contribution is -1.99. The van der Waals surface area contributed by atoms with Gasteiger partial charge in [-0.25, -0.2) is 9.97 Å². The number of pyridine rings is 1. The van der Waals surface area contributed by atoms with Gasteiger partial charge in [-0.2, -0.15) is 5.10 Å². The molecule has 3 aromatic heterocycles. The number of aromatic nitrogens is 5. The molecule has 0 bridgehead atoms. The normalized spacial score (nSPS) is 10.7. The number of nitrogens with zero attached hydrogens (tertiary/aromatic N) is 5. The second kappa shape index (κ2) is 5.38. The van der Waals surface area contributed by atoms with Gasteiger partial charge in [0.1, 0.15) is 11.0 Å². The fourth-order valence-corrected chi connectivity index (χ4v) is 2.13. The highest BCUT2D eigenvalue weighted by atomic mass is 35.5. The van der Waals surface area contributed by atoms with E-state index >= 15 is 0 Å². The Labute approximate surface area is 121 Å². The summed E-state index contributed by atoms with van der Waals surface area (Å²) in [5, 5.41) is 4.57. The molecule has 0 radical (unpaired) electrons. The van der Waals surface area contributed by atoms with Gasteiger partial charge in [-0.15, -0.1) is 0 Å². The molecule has 0 aromatic carbocycles. The molecule has 0 saturated heterocycles. The maximum atomic E-state index is 6.08. The maximum Gasteiger partial charge on any atom is 0.135 e. The number of halogens is 1. The molecule has 3 heterocycles. The van der Waals surface area contributed by atoms with E-state index in [1.165, 1.54) is 0 Å². The van der Waals surface area contributed by atoms with E-state index < -0.39 is 0 Å². The second-order valence-electron chi connectivity index (χ2n) is 4.43. The summed E-state index contributed by atoms with van der Waals surface area (Å²) in [4.78, 5) is 12.9. The molecule has 0 N–H and O–H groups in total. The molecule has 0 fully saturated rings. The Hall–Kier alpha value is -2.27. The molecule has 0 aliphatic rings. The molecule has 0 saturated carbocycles. The number of hydrogen-bond acceptors (Lipinski definition) is 4. The van der Waals surface area contributed by atoms with Crippen LogP contribution in [0.2, 0.25) is 5.15 Å². The maximum absolute atomic E-state index is 6.08. The van der Waals surface area contributed by atoms with Crippen molar-refractivity contribution in [3.8, 4) is 11.3 Å². The molecule has 0 aliphatic carbocycles. The van der Waals surface area contributed by atoms with Crippen LogP contribution >= 0.6 is 11.6 Å². The average Bonchev–Trinajstić information content (AvgIpc) is 2.86. The summed E-state index contributed by atoms with van der Waals surface area (Å²) in [6.07, 6.45) is 7.79. The molecule has 3 aromatic rings. The SMILES string of the molecule is Cn1cc(-c2cc(Cl)nc(Cc3cccnc3)n2)cn1. The lowest BCUT2D eigenvalue weighted by atomic mass is 10.2. The van der Waals surface area contributed by atoms with Gasteiger partial charge in [-0.05, 0) is 11.6 Å². The van der Waals surface area contributed by atoms with E-state index in [9.17, 15) is 0 Å². The molecule has 0 spiro atoms. The van der Waals surface area contributed by atoms with E-state index in [1.54, 1.807) is 29.3 Å². The molecule has 0 aliphatic heterocycles. The first-order valence-corrected chi connectivity index (χ1v) is 6.50. The van der Waals surface area contributed by atoms with Crippen molar-refractivity contribution >= 4 is 11.6 Å². The summed E-state index contributed by atoms with van der Waals surface area (Å²) >= 11 is 6.08. The Morgan fingerprint density at radius 1 is 1.25 bits per heavy atom. The van der Waals surface area contributed by atoms with E-state index in [-0.39, 0.29) is 0 Å². The van der Waals surface area contributed by atoms with E-state index in [1.807, 2.05) is 25.4 Å². The first kappa shape index (κ1) is 12.7. The first-order valence-electron chi connectivity index (χ1n) is 6.12. The van der Waals surface area contributed by atoms with Gasteiger partial charge < -0.3 is 0 Å². The van der Waals surface area contributed by atoms with E-state index in [0.29, 0.717) is 17.4 Å². The zero-order valence-electron chi connectivity index (χ0n) is 10.9. The highest BCUT2D eigenvalue weighted by molar-refractivity contribution is 6.29. The van der Waals surface area contributed by atoms with Crippen molar-refractivity contribution in [2.45, 2.75) is 6.42 Å². The summed E-state index contributed by atoms with van der Waals surface area (Å²) in [6.45, 7) is 0. The molecular weight excluding hydrogens is 274 g/mol. The van der Waals surface area contributed by atoms with Crippen molar-refractivity contribution in [2.24, 2.45) is 7.05 Å². The highest BCUT2D eigenvalue weighted by Crippen LogP contribution is 2.20. The van der Waals surface area contributed by atoms with Crippen LogP contribution in [-0.4, -0.2) is 24.7 Å². The average molecular weight is 286 g/mol. The van der Waals surface area contributed by atoms with Gasteiger partial charge in [0.25, 0.3) is 0 Å². The number of aryl methyl sites for hydroxylation is 1. The van der Waals surface area contributed by atoms with Crippen LogP contribution in [0.25, 0.3) is 11.3 Å². The third-order valence-corrected chi connectivity index (χ3v) is 3.02. The van der Waals surface area contributed by atoms with Crippen LogP contribution in [0, 0.1) is 0 Å². The minimum atomic E-state index is 0.428. The van der Waals surface area contributed by atoms with Crippen LogP contribution in [0.3, 0.4) is 0 Å². The van der Waals surface area contributed by atoms with Gasteiger partial charge in [0.05, 0.1) is 11.9 Å². The number of rotatable bonds is 3. The molecule has 20 heavy (non-hydrogen) atoms. The van der Waals surface area contributed by atoms with Crippen LogP contribution in [0.1, 0.15) is 11.4 Å². The summed E-state index contributed by atoms with van der Waals surface area (Å²) < 4.78 is 1.73. The Morgan fingerprint density at radius 3 is 2.85 bits per heavy atom.